The lowest BCUT2D eigenvalue weighted by Gasteiger charge is -2.29. The van der Waals surface area contributed by atoms with Crippen LogP contribution in [0.1, 0.15) is 41.5 Å². The van der Waals surface area contributed by atoms with E-state index in [0.717, 1.165) is 13.1 Å². The van der Waals surface area contributed by atoms with Crippen LogP contribution >= 0.6 is 0 Å². The van der Waals surface area contributed by atoms with E-state index in [1.807, 2.05) is 41.5 Å². The second-order valence-corrected chi connectivity index (χ2v) is 2.78. The molecule has 2 amide bonds. The summed E-state index contributed by atoms with van der Waals surface area (Å²) in [7, 11) is 3.52. The fourth-order valence-electron chi connectivity index (χ4n) is 1.04. The summed E-state index contributed by atoms with van der Waals surface area (Å²) >= 11 is 0. The molecule has 0 aromatic heterocycles. The van der Waals surface area contributed by atoms with Crippen LogP contribution in [-0.4, -0.2) is 56.2 Å². The molecule has 0 aromatic rings. The minimum atomic E-state index is 0.0771. The molecule has 0 aromatic carbocycles. The molecule has 0 aliphatic carbocycles. The van der Waals surface area contributed by atoms with Crippen LogP contribution in [0.25, 0.3) is 0 Å². The molecule has 1 heterocycles. The van der Waals surface area contributed by atoms with Crippen molar-refractivity contribution in [1.29, 1.82) is 0 Å². The summed E-state index contributed by atoms with van der Waals surface area (Å²) in [5.74, 6) is 0. The summed E-state index contributed by atoms with van der Waals surface area (Å²) in [4.78, 5) is 14.7. The number of carbonyl (C=O) groups excluding carboxylic acids is 1. The molecule has 0 radical (unpaired) electrons. The molecule has 0 bridgehead atoms. The number of hydrogen-bond acceptors (Lipinski definition) is 2. The third-order valence-corrected chi connectivity index (χ3v) is 1.66. The molecule has 0 spiro atoms. The van der Waals surface area contributed by atoms with Crippen LogP contribution in [0.5, 0.6) is 0 Å². The Balaban J connectivity index is -0.000000285. The quantitative estimate of drug-likeness (QED) is 0.660. The van der Waals surface area contributed by atoms with Gasteiger partial charge in [-0.25, -0.2) is 4.79 Å². The van der Waals surface area contributed by atoms with Gasteiger partial charge in [0.25, 0.3) is 0 Å². The maximum Gasteiger partial charge on any atom is 0.319 e. The predicted molar refractivity (Wildman–Crippen MR) is 75.5 cm³/mol. The van der Waals surface area contributed by atoms with Crippen LogP contribution in [0.3, 0.4) is 0 Å². The number of morpholine rings is 1. The zero-order valence-electron chi connectivity index (χ0n) is 13.0. The summed E-state index contributed by atoms with van der Waals surface area (Å²) in [6, 6.07) is 0.0771. The van der Waals surface area contributed by atoms with Gasteiger partial charge in [-0.2, -0.15) is 0 Å². The highest BCUT2D eigenvalue weighted by Gasteiger charge is 2.17. The average Bonchev–Trinajstić information content (AvgIpc) is 2.45. The Hall–Kier alpha value is -0.770. The molecule has 0 unspecified atom stereocenters. The van der Waals surface area contributed by atoms with Crippen molar-refractivity contribution < 1.29 is 9.53 Å². The first-order valence-corrected chi connectivity index (χ1v) is 6.76. The molecule has 1 aliphatic heterocycles. The van der Waals surface area contributed by atoms with Gasteiger partial charge in [0.15, 0.2) is 0 Å². The smallest absolute Gasteiger partial charge is 0.319 e. The fraction of sp³-hybridized carbons (Fsp3) is 0.923. The standard InChI is InChI=1S/C7H14N2O2.3C2H6/c1-8(2)7(10)9-3-5-11-6-4-9;3*1-2/h3-6H2,1-2H3;3*1-2H3. The summed E-state index contributed by atoms with van der Waals surface area (Å²) in [6.07, 6.45) is 0. The topological polar surface area (TPSA) is 32.8 Å². The zero-order chi connectivity index (χ0) is 14.3. The Morgan fingerprint density at radius 1 is 0.941 bits per heavy atom. The van der Waals surface area contributed by atoms with Crippen molar-refractivity contribution in [3.8, 4) is 0 Å². The Morgan fingerprint density at radius 2 is 1.29 bits per heavy atom. The summed E-state index contributed by atoms with van der Waals surface area (Å²) < 4.78 is 5.12. The molecule has 4 nitrogen and oxygen atoms in total. The van der Waals surface area contributed by atoms with Gasteiger partial charge >= 0.3 is 6.03 Å². The zero-order valence-corrected chi connectivity index (χ0v) is 13.0. The molecule has 0 N–H and O–H groups in total. The molecule has 1 fully saturated rings. The van der Waals surface area contributed by atoms with Gasteiger partial charge in [0.1, 0.15) is 0 Å². The number of ether oxygens (including phenoxy) is 1. The molecule has 4 heteroatoms. The van der Waals surface area contributed by atoms with Crippen LogP contribution in [0.15, 0.2) is 0 Å². The van der Waals surface area contributed by atoms with E-state index >= 15 is 0 Å². The second-order valence-electron chi connectivity index (χ2n) is 2.78. The molecule has 106 valence electrons. The number of carbonyl (C=O) groups is 1. The highest BCUT2D eigenvalue weighted by Crippen LogP contribution is 1.99. The van der Waals surface area contributed by atoms with Crippen LogP contribution in [-0.2, 0) is 4.74 Å². The third-order valence-electron chi connectivity index (χ3n) is 1.66. The van der Waals surface area contributed by atoms with E-state index in [1.165, 1.54) is 0 Å². The van der Waals surface area contributed by atoms with Crippen LogP contribution < -0.4 is 0 Å². The molecular weight excluding hydrogens is 216 g/mol. The molecular formula is C13H32N2O2. The summed E-state index contributed by atoms with van der Waals surface area (Å²) in [5, 5.41) is 0. The van der Waals surface area contributed by atoms with Crippen molar-refractivity contribution in [1.82, 2.24) is 9.80 Å². The highest BCUT2D eigenvalue weighted by molar-refractivity contribution is 5.73. The van der Waals surface area contributed by atoms with Gasteiger partial charge in [-0.1, -0.05) is 41.5 Å². The first-order valence-electron chi connectivity index (χ1n) is 6.76. The van der Waals surface area contributed by atoms with Crippen LogP contribution in [0, 0.1) is 0 Å². The monoisotopic (exact) mass is 248 g/mol. The van der Waals surface area contributed by atoms with Gasteiger partial charge in [0.05, 0.1) is 13.2 Å². The van der Waals surface area contributed by atoms with E-state index in [0.29, 0.717) is 13.2 Å². The van der Waals surface area contributed by atoms with Crippen LogP contribution in [0.2, 0.25) is 0 Å². The van der Waals surface area contributed by atoms with Crippen molar-refractivity contribution in [2.45, 2.75) is 41.5 Å². The Labute approximate surface area is 108 Å². The highest BCUT2D eigenvalue weighted by atomic mass is 16.5. The molecule has 0 saturated carbocycles. The van der Waals surface area contributed by atoms with Crippen molar-refractivity contribution in [3.05, 3.63) is 0 Å². The number of amides is 2. The van der Waals surface area contributed by atoms with E-state index in [2.05, 4.69) is 0 Å². The van der Waals surface area contributed by atoms with Crippen molar-refractivity contribution >= 4 is 6.03 Å². The van der Waals surface area contributed by atoms with Gasteiger partial charge in [0, 0.05) is 27.2 Å². The lowest BCUT2D eigenvalue weighted by atomic mass is 10.4. The van der Waals surface area contributed by atoms with E-state index in [-0.39, 0.29) is 6.03 Å². The lowest BCUT2D eigenvalue weighted by molar-refractivity contribution is 0.0470. The number of nitrogens with zero attached hydrogens (tertiary/aromatic N) is 2. The molecule has 1 aliphatic rings. The minimum absolute atomic E-state index is 0.0771. The van der Waals surface area contributed by atoms with Crippen LogP contribution in [0.4, 0.5) is 4.79 Å². The molecule has 0 atom stereocenters. The second kappa shape index (κ2) is 17.6. The van der Waals surface area contributed by atoms with Gasteiger partial charge in [-0.3, -0.25) is 0 Å². The molecule has 1 saturated heterocycles. The SMILES string of the molecule is CC.CC.CC.CN(C)C(=O)N1CCOCC1. The number of rotatable bonds is 0. The fourth-order valence-corrected chi connectivity index (χ4v) is 1.04. The van der Waals surface area contributed by atoms with E-state index in [4.69, 9.17) is 4.74 Å². The first kappa shape index (κ1) is 21.5. The molecule has 1 rings (SSSR count). The first-order chi connectivity index (χ1) is 8.22. The van der Waals surface area contributed by atoms with E-state index in [1.54, 1.807) is 23.9 Å². The average molecular weight is 248 g/mol. The Kier molecular flexibility index (Phi) is 22.3. The van der Waals surface area contributed by atoms with Gasteiger partial charge in [-0.15, -0.1) is 0 Å². The predicted octanol–water partition coefficient (Wildman–Crippen LogP) is 3.08. The van der Waals surface area contributed by atoms with Gasteiger partial charge < -0.3 is 14.5 Å². The Bertz CT molecular complexity index is 144. The normalized spacial score (nSPS) is 12.8. The molecule has 17 heavy (non-hydrogen) atoms. The van der Waals surface area contributed by atoms with Gasteiger partial charge in [0.2, 0.25) is 0 Å². The Morgan fingerprint density at radius 3 is 1.59 bits per heavy atom. The summed E-state index contributed by atoms with van der Waals surface area (Å²) in [6.45, 7) is 14.8. The lowest BCUT2D eigenvalue weighted by Crippen LogP contribution is -2.45. The van der Waals surface area contributed by atoms with Crippen molar-refractivity contribution in [2.24, 2.45) is 0 Å². The largest absolute Gasteiger partial charge is 0.378 e. The maximum atomic E-state index is 11.3. The maximum absolute atomic E-state index is 11.3. The van der Waals surface area contributed by atoms with Crippen molar-refractivity contribution in [2.75, 3.05) is 40.4 Å². The van der Waals surface area contributed by atoms with E-state index in [9.17, 15) is 4.79 Å². The minimum Gasteiger partial charge on any atom is -0.378 e. The number of hydrogen-bond donors (Lipinski definition) is 0. The third kappa shape index (κ3) is 11.5. The van der Waals surface area contributed by atoms with Gasteiger partial charge in [-0.05, 0) is 0 Å². The number of urea groups is 1. The summed E-state index contributed by atoms with van der Waals surface area (Å²) in [5.41, 5.74) is 0. The van der Waals surface area contributed by atoms with E-state index < -0.39 is 0 Å². The van der Waals surface area contributed by atoms with Crippen molar-refractivity contribution in [3.63, 3.8) is 0 Å².